The zero-order valence-electron chi connectivity index (χ0n) is 14.7. The third-order valence-corrected chi connectivity index (χ3v) is 5.31. The van der Waals surface area contributed by atoms with Gasteiger partial charge in [-0.2, -0.15) is 0 Å². The highest BCUT2D eigenvalue weighted by atomic mass is 14.7. The SMILES string of the molecule is Cc1cc(C)cc(-c2ccc3cc(C4CCCCC4)ccc3n2)c1. The second-order valence-electron chi connectivity index (χ2n) is 7.36. The van der Waals surface area contributed by atoms with Gasteiger partial charge in [0, 0.05) is 10.9 Å². The van der Waals surface area contributed by atoms with Crippen molar-refractivity contribution in [1.82, 2.24) is 4.98 Å². The van der Waals surface area contributed by atoms with Crippen LogP contribution in [0.4, 0.5) is 0 Å². The Balaban J connectivity index is 1.71. The van der Waals surface area contributed by atoms with Crippen LogP contribution >= 0.6 is 0 Å². The fourth-order valence-electron chi connectivity index (χ4n) is 4.12. The molecule has 4 rings (SSSR count). The summed E-state index contributed by atoms with van der Waals surface area (Å²) in [4.78, 5) is 4.91. The van der Waals surface area contributed by atoms with Crippen LogP contribution in [0.2, 0.25) is 0 Å². The summed E-state index contributed by atoms with van der Waals surface area (Å²) in [6.07, 6.45) is 6.86. The number of hydrogen-bond acceptors (Lipinski definition) is 1. The first-order valence-electron chi connectivity index (χ1n) is 9.18. The van der Waals surface area contributed by atoms with E-state index >= 15 is 0 Å². The van der Waals surface area contributed by atoms with Gasteiger partial charge in [0.2, 0.25) is 0 Å². The summed E-state index contributed by atoms with van der Waals surface area (Å²) in [6.45, 7) is 4.29. The second kappa shape index (κ2) is 6.39. The molecule has 24 heavy (non-hydrogen) atoms. The molecule has 1 aliphatic rings. The summed E-state index contributed by atoms with van der Waals surface area (Å²) in [5.41, 5.74) is 7.47. The van der Waals surface area contributed by atoms with Gasteiger partial charge >= 0.3 is 0 Å². The average molecular weight is 315 g/mol. The lowest BCUT2D eigenvalue weighted by Gasteiger charge is -2.22. The van der Waals surface area contributed by atoms with E-state index in [2.05, 4.69) is 62.4 Å². The van der Waals surface area contributed by atoms with E-state index in [4.69, 9.17) is 4.98 Å². The van der Waals surface area contributed by atoms with E-state index < -0.39 is 0 Å². The van der Waals surface area contributed by atoms with Crippen molar-refractivity contribution in [2.45, 2.75) is 51.9 Å². The van der Waals surface area contributed by atoms with Crippen molar-refractivity contribution in [3.63, 3.8) is 0 Å². The van der Waals surface area contributed by atoms with Crippen LogP contribution in [0.3, 0.4) is 0 Å². The molecule has 1 saturated carbocycles. The summed E-state index contributed by atoms with van der Waals surface area (Å²) in [5, 5.41) is 1.27. The average Bonchev–Trinajstić information content (AvgIpc) is 2.61. The van der Waals surface area contributed by atoms with Crippen molar-refractivity contribution in [3.8, 4) is 11.3 Å². The van der Waals surface area contributed by atoms with E-state index in [-0.39, 0.29) is 0 Å². The number of pyridine rings is 1. The minimum absolute atomic E-state index is 0.752. The molecule has 1 aliphatic carbocycles. The minimum Gasteiger partial charge on any atom is -0.248 e. The number of benzene rings is 2. The summed E-state index contributed by atoms with van der Waals surface area (Å²) in [5.74, 6) is 0.752. The fourth-order valence-corrected chi connectivity index (χ4v) is 4.12. The molecule has 122 valence electrons. The first-order valence-corrected chi connectivity index (χ1v) is 9.18. The lowest BCUT2D eigenvalue weighted by atomic mass is 9.84. The van der Waals surface area contributed by atoms with Crippen LogP contribution < -0.4 is 0 Å². The van der Waals surface area contributed by atoms with Gasteiger partial charge in [0.15, 0.2) is 0 Å². The largest absolute Gasteiger partial charge is 0.248 e. The molecule has 0 spiro atoms. The van der Waals surface area contributed by atoms with Gasteiger partial charge in [0.25, 0.3) is 0 Å². The van der Waals surface area contributed by atoms with Gasteiger partial charge in [-0.15, -0.1) is 0 Å². The van der Waals surface area contributed by atoms with Gasteiger partial charge in [-0.3, -0.25) is 0 Å². The molecule has 1 fully saturated rings. The molecule has 1 aromatic heterocycles. The zero-order valence-corrected chi connectivity index (χ0v) is 14.7. The van der Waals surface area contributed by atoms with Crippen molar-refractivity contribution in [1.29, 1.82) is 0 Å². The van der Waals surface area contributed by atoms with E-state index in [9.17, 15) is 0 Å². The molecule has 0 amide bonds. The van der Waals surface area contributed by atoms with Crippen molar-refractivity contribution < 1.29 is 0 Å². The monoisotopic (exact) mass is 315 g/mol. The molecule has 1 nitrogen and oxygen atoms in total. The standard InChI is InChI=1S/C23H25N/c1-16-12-17(2)14-21(13-16)23-11-9-20-15-19(8-10-22(20)24-23)18-6-4-3-5-7-18/h8-15,18H,3-7H2,1-2H3. The van der Waals surface area contributed by atoms with Crippen LogP contribution in [-0.4, -0.2) is 4.98 Å². The van der Waals surface area contributed by atoms with Gasteiger partial charge in [-0.1, -0.05) is 48.6 Å². The molecule has 2 aromatic carbocycles. The third kappa shape index (κ3) is 3.08. The Hall–Kier alpha value is -2.15. The maximum atomic E-state index is 4.91. The normalized spacial score (nSPS) is 15.8. The van der Waals surface area contributed by atoms with Gasteiger partial charge < -0.3 is 0 Å². The van der Waals surface area contributed by atoms with E-state index in [0.29, 0.717) is 0 Å². The molecule has 0 atom stereocenters. The Kier molecular flexibility index (Phi) is 4.10. The molecule has 0 bridgehead atoms. The molecular formula is C23H25N. The molecule has 0 radical (unpaired) electrons. The number of aromatic nitrogens is 1. The lowest BCUT2D eigenvalue weighted by Crippen LogP contribution is -2.04. The van der Waals surface area contributed by atoms with Crippen molar-refractivity contribution in [3.05, 3.63) is 65.2 Å². The van der Waals surface area contributed by atoms with Crippen LogP contribution in [0.15, 0.2) is 48.5 Å². The molecule has 1 heteroatoms. The molecule has 0 N–H and O–H groups in total. The van der Waals surface area contributed by atoms with Crippen molar-refractivity contribution in [2.75, 3.05) is 0 Å². The number of fused-ring (bicyclic) bond motifs is 1. The number of rotatable bonds is 2. The molecule has 0 aliphatic heterocycles. The Morgan fingerprint density at radius 2 is 1.54 bits per heavy atom. The number of aryl methyl sites for hydroxylation is 2. The van der Waals surface area contributed by atoms with E-state index in [0.717, 1.165) is 17.1 Å². The quantitative estimate of drug-likeness (QED) is 0.521. The van der Waals surface area contributed by atoms with Gasteiger partial charge in [-0.25, -0.2) is 4.98 Å². The number of hydrogen-bond donors (Lipinski definition) is 0. The van der Waals surface area contributed by atoms with Crippen LogP contribution in [-0.2, 0) is 0 Å². The summed E-state index contributed by atoms with van der Waals surface area (Å²) >= 11 is 0. The smallest absolute Gasteiger partial charge is 0.0709 e. The van der Waals surface area contributed by atoms with Crippen molar-refractivity contribution in [2.24, 2.45) is 0 Å². The predicted molar refractivity (Wildman–Crippen MR) is 102 cm³/mol. The molecule has 3 aromatic rings. The highest BCUT2D eigenvalue weighted by molar-refractivity contribution is 5.82. The first-order chi connectivity index (χ1) is 11.7. The first kappa shape index (κ1) is 15.4. The Labute approximate surface area is 144 Å². The van der Waals surface area contributed by atoms with E-state index in [1.165, 1.54) is 59.7 Å². The Morgan fingerprint density at radius 3 is 2.29 bits per heavy atom. The topological polar surface area (TPSA) is 12.9 Å². The van der Waals surface area contributed by atoms with Crippen LogP contribution in [0.25, 0.3) is 22.2 Å². The number of nitrogens with zero attached hydrogens (tertiary/aromatic N) is 1. The fraction of sp³-hybridized carbons (Fsp3) is 0.348. The molecule has 1 heterocycles. The van der Waals surface area contributed by atoms with Gasteiger partial charge in [0.05, 0.1) is 11.2 Å². The predicted octanol–water partition coefficient (Wildman–Crippen LogP) is 6.57. The van der Waals surface area contributed by atoms with Crippen LogP contribution in [0.5, 0.6) is 0 Å². The molecular weight excluding hydrogens is 290 g/mol. The minimum atomic E-state index is 0.752. The maximum Gasteiger partial charge on any atom is 0.0709 e. The van der Waals surface area contributed by atoms with Crippen molar-refractivity contribution >= 4 is 10.9 Å². The maximum absolute atomic E-state index is 4.91. The summed E-state index contributed by atoms with van der Waals surface area (Å²) in [7, 11) is 0. The van der Waals surface area contributed by atoms with E-state index in [1.807, 2.05) is 0 Å². The van der Waals surface area contributed by atoms with Gasteiger partial charge in [-0.05, 0) is 68.5 Å². The summed E-state index contributed by atoms with van der Waals surface area (Å²) < 4.78 is 0. The van der Waals surface area contributed by atoms with Crippen LogP contribution in [0, 0.1) is 13.8 Å². The second-order valence-corrected chi connectivity index (χ2v) is 7.36. The lowest BCUT2D eigenvalue weighted by molar-refractivity contribution is 0.444. The Bertz CT molecular complexity index is 852. The molecule has 0 unspecified atom stereocenters. The highest BCUT2D eigenvalue weighted by Gasteiger charge is 2.15. The zero-order chi connectivity index (χ0) is 16.5. The molecule has 0 saturated heterocycles. The summed E-state index contributed by atoms with van der Waals surface area (Å²) in [6, 6.07) is 17.9. The van der Waals surface area contributed by atoms with Gasteiger partial charge in [0.1, 0.15) is 0 Å². The third-order valence-electron chi connectivity index (χ3n) is 5.31. The highest BCUT2D eigenvalue weighted by Crippen LogP contribution is 2.34. The Morgan fingerprint density at radius 1 is 0.792 bits per heavy atom. The van der Waals surface area contributed by atoms with Crippen LogP contribution in [0.1, 0.15) is 54.7 Å². The van der Waals surface area contributed by atoms with E-state index in [1.54, 1.807) is 0 Å².